The number of carbonyl (C=O) groups excluding carboxylic acids is 1. The van der Waals surface area contributed by atoms with Gasteiger partial charge in [0.1, 0.15) is 73.2 Å². The summed E-state index contributed by atoms with van der Waals surface area (Å²) in [5.41, 5.74) is 0. The van der Waals surface area contributed by atoms with E-state index >= 15 is 0 Å². The van der Waals surface area contributed by atoms with Gasteiger partial charge in [0.15, 0.2) is 18.9 Å². The summed E-state index contributed by atoms with van der Waals surface area (Å²) in [4.78, 5) is 13.3. The molecule has 17 atom stereocenters. The quantitative estimate of drug-likeness (QED) is 0.0306. The standard InChI is InChI=1S/C56H99NO18/c1-3-5-7-9-11-13-15-17-18-19-20-21-22-24-26-28-30-32-34-44(62)57-39(40(61)33-31-29-27-25-23-16-14-12-10-8-6-4-2)38-70-54-50(68)47(65)52(42(36-59)72-54)75-56-51(69)48(66)53(43(37-60)73-56)74-55-49(67)46(64)45(63)41(35-58)71-55/h13,15,18-19,23,25,31,33,39-43,45-56,58-61,63-69H,3-12,14,16-17,20-22,24,26-30,32,34-38H2,1-2H3,(H,57,62)/b15-13-,19-18-,25-23+,33-31+. The molecule has 3 aliphatic heterocycles. The molecule has 0 saturated carbocycles. The largest absolute Gasteiger partial charge is 0.394 e. The average molecular weight is 1070 g/mol. The number of aliphatic hydroxyl groups excluding tert-OH is 11. The zero-order chi connectivity index (χ0) is 54.8. The van der Waals surface area contributed by atoms with Gasteiger partial charge in [-0.1, -0.05) is 146 Å². The van der Waals surface area contributed by atoms with E-state index < -0.39 is 124 Å². The Morgan fingerprint density at radius 3 is 1.43 bits per heavy atom. The van der Waals surface area contributed by atoms with Crippen molar-refractivity contribution in [1.82, 2.24) is 5.32 Å². The summed E-state index contributed by atoms with van der Waals surface area (Å²) < 4.78 is 34.1. The van der Waals surface area contributed by atoms with Gasteiger partial charge in [0, 0.05) is 6.42 Å². The smallest absolute Gasteiger partial charge is 0.220 e. The van der Waals surface area contributed by atoms with Crippen molar-refractivity contribution < 1.29 is 89.4 Å². The summed E-state index contributed by atoms with van der Waals surface area (Å²) in [5.74, 6) is -0.297. The molecule has 0 aromatic heterocycles. The zero-order valence-electron chi connectivity index (χ0n) is 45.0. The van der Waals surface area contributed by atoms with Crippen LogP contribution in [0, 0.1) is 0 Å². The van der Waals surface area contributed by atoms with Gasteiger partial charge < -0.3 is 89.9 Å². The zero-order valence-corrected chi connectivity index (χ0v) is 45.0. The molecule has 12 N–H and O–H groups in total. The molecule has 0 spiro atoms. The number of allylic oxidation sites excluding steroid dienone is 7. The van der Waals surface area contributed by atoms with Crippen molar-refractivity contribution in [3.05, 3.63) is 48.6 Å². The van der Waals surface area contributed by atoms with Gasteiger partial charge >= 0.3 is 0 Å². The minimum Gasteiger partial charge on any atom is -0.394 e. The first-order chi connectivity index (χ1) is 36.3. The molecule has 0 aliphatic carbocycles. The molecule has 3 aliphatic rings. The fourth-order valence-electron chi connectivity index (χ4n) is 9.35. The summed E-state index contributed by atoms with van der Waals surface area (Å²) in [6, 6.07) is -0.993. The number of ether oxygens (including phenoxy) is 6. The van der Waals surface area contributed by atoms with Crippen LogP contribution < -0.4 is 5.32 Å². The number of nitrogens with one attached hydrogen (secondary N) is 1. The SMILES string of the molecule is CCCCCC/C=C\C/C=C\CCCCCCCCCC(=O)NC(COC1OC(CO)C(OC2OC(CO)C(OC3OC(CO)C(O)C(O)C3O)C(O)C2O)C(O)C1O)C(O)/C=C/CC/C=C/CCCCCCCC. The van der Waals surface area contributed by atoms with Crippen molar-refractivity contribution in [1.29, 1.82) is 0 Å². The lowest BCUT2D eigenvalue weighted by molar-refractivity contribution is -0.379. The second kappa shape index (κ2) is 40.0. The molecule has 3 heterocycles. The molecule has 0 aromatic carbocycles. The van der Waals surface area contributed by atoms with Gasteiger partial charge in [-0.05, 0) is 64.2 Å². The van der Waals surface area contributed by atoms with Crippen LogP contribution in [-0.2, 0) is 33.2 Å². The Morgan fingerprint density at radius 2 is 0.893 bits per heavy atom. The number of hydrogen-bond acceptors (Lipinski definition) is 18. The first-order valence-electron chi connectivity index (χ1n) is 28.4. The van der Waals surface area contributed by atoms with Crippen LogP contribution in [-0.4, -0.2) is 193 Å². The van der Waals surface area contributed by atoms with E-state index in [1.165, 1.54) is 57.8 Å². The van der Waals surface area contributed by atoms with Crippen LogP contribution in [0.3, 0.4) is 0 Å². The molecule has 17 unspecified atom stereocenters. The molecular weight excluding hydrogens is 975 g/mol. The lowest BCUT2D eigenvalue weighted by Gasteiger charge is -2.48. The van der Waals surface area contributed by atoms with Crippen LogP contribution in [0.1, 0.15) is 168 Å². The Morgan fingerprint density at radius 1 is 0.480 bits per heavy atom. The highest BCUT2D eigenvalue weighted by Gasteiger charge is 2.53. The van der Waals surface area contributed by atoms with E-state index in [-0.39, 0.29) is 18.9 Å². The number of unbranched alkanes of at least 4 members (excludes halogenated alkanes) is 18. The Labute approximate surface area is 446 Å². The van der Waals surface area contributed by atoms with Gasteiger partial charge in [-0.25, -0.2) is 0 Å². The van der Waals surface area contributed by atoms with Crippen molar-refractivity contribution in [3.63, 3.8) is 0 Å². The third-order valence-corrected chi connectivity index (χ3v) is 14.1. The van der Waals surface area contributed by atoms with Crippen LogP contribution in [0.15, 0.2) is 48.6 Å². The van der Waals surface area contributed by atoms with Gasteiger partial charge in [-0.2, -0.15) is 0 Å². The highest BCUT2D eigenvalue weighted by atomic mass is 16.8. The lowest BCUT2D eigenvalue weighted by Crippen LogP contribution is -2.66. The van der Waals surface area contributed by atoms with Gasteiger partial charge in [-0.15, -0.1) is 0 Å². The van der Waals surface area contributed by atoms with E-state index in [0.29, 0.717) is 12.8 Å². The van der Waals surface area contributed by atoms with Crippen molar-refractivity contribution >= 4 is 5.91 Å². The van der Waals surface area contributed by atoms with Gasteiger partial charge in [0.2, 0.25) is 5.91 Å². The molecule has 1 amide bonds. The minimum atomic E-state index is -1.98. The third kappa shape index (κ3) is 24.8. The topological polar surface area (TPSA) is 307 Å². The lowest BCUT2D eigenvalue weighted by atomic mass is 9.96. The summed E-state index contributed by atoms with van der Waals surface area (Å²) in [6.45, 7) is 1.63. The maximum Gasteiger partial charge on any atom is 0.220 e. The van der Waals surface area contributed by atoms with Crippen molar-refractivity contribution in [3.8, 4) is 0 Å². The molecule has 0 bridgehead atoms. The molecule has 0 radical (unpaired) electrons. The van der Waals surface area contributed by atoms with Crippen LogP contribution in [0.25, 0.3) is 0 Å². The monoisotopic (exact) mass is 1070 g/mol. The molecule has 19 heteroatoms. The average Bonchev–Trinajstić information content (AvgIpc) is 3.41. The fraction of sp³-hybridized carbons (Fsp3) is 0.839. The molecule has 3 rings (SSSR count). The van der Waals surface area contributed by atoms with Gasteiger partial charge in [0.25, 0.3) is 0 Å². The van der Waals surface area contributed by atoms with E-state index in [1.807, 2.05) is 6.08 Å². The number of aliphatic hydroxyl groups is 11. The van der Waals surface area contributed by atoms with Crippen molar-refractivity contribution in [2.75, 3.05) is 26.4 Å². The Kier molecular flexibility index (Phi) is 35.8. The van der Waals surface area contributed by atoms with E-state index in [2.05, 4.69) is 55.6 Å². The highest BCUT2D eigenvalue weighted by molar-refractivity contribution is 5.76. The first kappa shape index (κ1) is 67.0. The van der Waals surface area contributed by atoms with E-state index in [4.69, 9.17) is 28.4 Å². The summed E-state index contributed by atoms with van der Waals surface area (Å²) in [6.07, 6.45) is 15.3. The minimum absolute atomic E-state index is 0.225. The van der Waals surface area contributed by atoms with Gasteiger partial charge in [0.05, 0.1) is 38.6 Å². The van der Waals surface area contributed by atoms with Gasteiger partial charge in [-0.3, -0.25) is 4.79 Å². The van der Waals surface area contributed by atoms with Crippen LogP contribution in [0.5, 0.6) is 0 Å². The number of carbonyl (C=O) groups is 1. The normalized spacial score (nSPS) is 31.6. The van der Waals surface area contributed by atoms with Crippen LogP contribution in [0.4, 0.5) is 0 Å². The van der Waals surface area contributed by atoms with Crippen molar-refractivity contribution in [2.45, 2.75) is 272 Å². The van der Waals surface area contributed by atoms with E-state index in [9.17, 15) is 61.0 Å². The number of hydrogen-bond donors (Lipinski definition) is 12. The number of rotatable bonds is 40. The van der Waals surface area contributed by atoms with Crippen LogP contribution >= 0.6 is 0 Å². The predicted molar refractivity (Wildman–Crippen MR) is 282 cm³/mol. The molecule has 3 fully saturated rings. The van der Waals surface area contributed by atoms with Crippen molar-refractivity contribution in [2.24, 2.45) is 0 Å². The summed E-state index contributed by atoms with van der Waals surface area (Å²) >= 11 is 0. The molecule has 19 nitrogen and oxygen atoms in total. The van der Waals surface area contributed by atoms with Crippen LogP contribution in [0.2, 0.25) is 0 Å². The third-order valence-electron chi connectivity index (χ3n) is 14.1. The molecule has 436 valence electrons. The Balaban J connectivity index is 1.53. The maximum atomic E-state index is 13.3. The Bertz CT molecular complexity index is 1570. The second-order valence-electron chi connectivity index (χ2n) is 20.4. The number of amides is 1. The molecule has 0 aromatic rings. The predicted octanol–water partition coefficient (Wildman–Crippen LogP) is 3.92. The Hall–Kier alpha value is -2.25. The maximum absolute atomic E-state index is 13.3. The molecule has 75 heavy (non-hydrogen) atoms. The fourth-order valence-corrected chi connectivity index (χ4v) is 9.35. The second-order valence-corrected chi connectivity index (χ2v) is 20.4. The molecular formula is C56H99NO18. The van der Waals surface area contributed by atoms with E-state index in [0.717, 1.165) is 77.0 Å². The highest BCUT2D eigenvalue weighted by Crippen LogP contribution is 2.33. The van der Waals surface area contributed by atoms with E-state index in [1.54, 1.807) is 6.08 Å². The summed E-state index contributed by atoms with van der Waals surface area (Å²) in [7, 11) is 0. The summed E-state index contributed by atoms with van der Waals surface area (Å²) in [5, 5.41) is 120. The first-order valence-corrected chi connectivity index (χ1v) is 28.4. The molecule has 3 saturated heterocycles.